The van der Waals surface area contributed by atoms with Crippen LogP contribution in [0, 0.1) is 11.8 Å². The molecule has 0 aromatic rings. The first-order valence-corrected chi connectivity index (χ1v) is 7.34. The van der Waals surface area contributed by atoms with Crippen molar-refractivity contribution in [2.75, 3.05) is 13.6 Å². The molecule has 0 amide bonds. The van der Waals surface area contributed by atoms with E-state index in [1.807, 2.05) is 0 Å². The average Bonchev–Trinajstić information content (AvgIpc) is 2.12. The van der Waals surface area contributed by atoms with Gasteiger partial charge in [0, 0.05) is 18.1 Å². The van der Waals surface area contributed by atoms with Crippen LogP contribution in [0.3, 0.4) is 0 Å². The van der Waals surface area contributed by atoms with Crippen molar-refractivity contribution in [2.24, 2.45) is 17.6 Å². The summed E-state index contributed by atoms with van der Waals surface area (Å²) in [5.74, 6) is 1.44. The minimum Gasteiger partial charge on any atom is -0.329 e. The normalized spacial score (nSPS) is 18.2. The molecule has 1 rings (SSSR count). The second-order valence-electron chi connectivity index (χ2n) is 6.82. The van der Waals surface area contributed by atoms with E-state index in [0.29, 0.717) is 0 Å². The molecule has 1 aliphatic carbocycles. The van der Waals surface area contributed by atoms with Crippen molar-refractivity contribution in [2.45, 2.75) is 71.4 Å². The van der Waals surface area contributed by atoms with Crippen LogP contribution < -0.4 is 5.73 Å². The highest BCUT2D eigenvalue weighted by atomic mass is 15.2. The van der Waals surface area contributed by atoms with Crippen LogP contribution in [-0.2, 0) is 0 Å². The number of hydrogen-bond acceptors (Lipinski definition) is 2. The number of nitrogens with two attached hydrogens (primary N) is 1. The highest BCUT2D eigenvalue weighted by Crippen LogP contribution is 2.36. The highest BCUT2D eigenvalue weighted by molar-refractivity contribution is 4.96. The van der Waals surface area contributed by atoms with E-state index in [2.05, 4.69) is 39.6 Å². The number of hydrogen-bond donors (Lipinski definition) is 1. The topological polar surface area (TPSA) is 29.3 Å². The molecule has 2 heteroatoms. The fourth-order valence-electron chi connectivity index (χ4n) is 3.36. The van der Waals surface area contributed by atoms with Gasteiger partial charge in [-0.25, -0.2) is 0 Å². The Kier molecular flexibility index (Phi) is 5.46. The van der Waals surface area contributed by atoms with Gasteiger partial charge in [-0.15, -0.1) is 0 Å². The van der Waals surface area contributed by atoms with Crippen LogP contribution in [0.1, 0.15) is 59.8 Å². The van der Waals surface area contributed by atoms with Gasteiger partial charge < -0.3 is 5.73 Å². The molecule has 0 saturated heterocycles. The minimum absolute atomic E-state index is 0.230. The lowest BCUT2D eigenvalue weighted by atomic mass is 9.77. The Hall–Kier alpha value is -0.0800. The molecular weight excluding hydrogens is 208 g/mol. The summed E-state index contributed by atoms with van der Waals surface area (Å²) in [7, 11) is 2.31. The van der Waals surface area contributed by atoms with Gasteiger partial charge in [-0.3, -0.25) is 4.90 Å². The summed E-state index contributed by atoms with van der Waals surface area (Å²) in [4.78, 5) is 2.62. The lowest BCUT2D eigenvalue weighted by molar-refractivity contribution is 0.00986. The Balaban J connectivity index is 2.79. The molecule has 0 bridgehead atoms. The van der Waals surface area contributed by atoms with E-state index < -0.39 is 0 Å². The van der Waals surface area contributed by atoms with Crippen molar-refractivity contribution >= 4 is 0 Å². The van der Waals surface area contributed by atoms with Crippen LogP contribution in [0.25, 0.3) is 0 Å². The number of rotatable bonds is 7. The second kappa shape index (κ2) is 6.19. The van der Waals surface area contributed by atoms with Crippen molar-refractivity contribution < 1.29 is 0 Å². The van der Waals surface area contributed by atoms with Crippen LogP contribution in [-0.4, -0.2) is 30.1 Å². The van der Waals surface area contributed by atoms with Crippen molar-refractivity contribution in [1.82, 2.24) is 4.90 Å². The molecule has 102 valence electrons. The van der Waals surface area contributed by atoms with Gasteiger partial charge in [-0.05, 0) is 44.6 Å². The maximum Gasteiger partial charge on any atom is 0.0336 e. The van der Waals surface area contributed by atoms with E-state index in [-0.39, 0.29) is 5.54 Å². The minimum atomic E-state index is 0.230. The van der Waals surface area contributed by atoms with Gasteiger partial charge in [0.2, 0.25) is 0 Å². The summed E-state index contributed by atoms with van der Waals surface area (Å²) in [5.41, 5.74) is 6.41. The molecule has 17 heavy (non-hydrogen) atoms. The highest BCUT2D eigenvalue weighted by Gasteiger charge is 2.39. The standard InChI is InChI=1S/C15H32N2/c1-12(2)9-15(11-16,10-13(3)4)17(5)14-7-6-8-14/h12-14H,6-11,16H2,1-5H3. The van der Waals surface area contributed by atoms with E-state index in [4.69, 9.17) is 5.73 Å². The van der Waals surface area contributed by atoms with Crippen molar-refractivity contribution in [3.8, 4) is 0 Å². The smallest absolute Gasteiger partial charge is 0.0336 e. The molecule has 0 aliphatic heterocycles. The van der Waals surface area contributed by atoms with Crippen molar-refractivity contribution in [3.05, 3.63) is 0 Å². The van der Waals surface area contributed by atoms with Gasteiger partial charge in [0.25, 0.3) is 0 Å². The van der Waals surface area contributed by atoms with Crippen LogP contribution >= 0.6 is 0 Å². The first kappa shape index (κ1) is 15.0. The zero-order valence-electron chi connectivity index (χ0n) is 12.5. The monoisotopic (exact) mass is 240 g/mol. The number of likely N-dealkylation sites (N-methyl/N-ethyl adjacent to an activating group) is 1. The quantitative estimate of drug-likeness (QED) is 0.740. The van der Waals surface area contributed by atoms with Gasteiger partial charge >= 0.3 is 0 Å². The largest absolute Gasteiger partial charge is 0.329 e. The maximum atomic E-state index is 6.18. The van der Waals surface area contributed by atoms with Crippen LogP contribution in [0.5, 0.6) is 0 Å². The Morgan fingerprint density at radius 1 is 1.12 bits per heavy atom. The van der Waals surface area contributed by atoms with E-state index in [0.717, 1.165) is 24.4 Å². The lowest BCUT2D eigenvalue weighted by Crippen LogP contribution is -2.58. The van der Waals surface area contributed by atoms with E-state index in [1.54, 1.807) is 0 Å². The number of nitrogens with zero attached hydrogens (tertiary/aromatic N) is 1. The SMILES string of the molecule is CC(C)CC(CN)(CC(C)C)N(C)C1CCC1. The molecule has 1 fully saturated rings. The maximum absolute atomic E-state index is 6.18. The van der Waals surface area contributed by atoms with Gasteiger partial charge in [0.05, 0.1) is 0 Å². The average molecular weight is 240 g/mol. The van der Waals surface area contributed by atoms with Gasteiger partial charge in [-0.1, -0.05) is 34.1 Å². The Morgan fingerprint density at radius 3 is 1.82 bits per heavy atom. The molecule has 0 radical (unpaired) electrons. The van der Waals surface area contributed by atoms with E-state index in [9.17, 15) is 0 Å². The van der Waals surface area contributed by atoms with Gasteiger partial charge in [0.1, 0.15) is 0 Å². The molecular formula is C15H32N2. The molecule has 1 aliphatic rings. The Morgan fingerprint density at radius 2 is 1.59 bits per heavy atom. The molecule has 2 nitrogen and oxygen atoms in total. The zero-order valence-corrected chi connectivity index (χ0v) is 12.5. The Bertz CT molecular complexity index is 209. The molecule has 0 aromatic heterocycles. The van der Waals surface area contributed by atoms with Gasteiger partial charge in [0.15, 0.2) is 0 Å². The van der Waals surface area contributed by atoms with Gasteiger partial charge in [-0.2, -0.15) is 0 Å². The first-order valence-electron chi connectivity index (χ1n) is 7.34. The summed E-state index contributed by atoms with van der Waals surface area (Å²) in [6.07, 6.45) is 6.60. The van der Waals surface area contributed by atoms with E-state index >= 15 is 0 Å². The third kappa shape index (κ3) is 3.69. The van der Waals surface area contributed by atoms with Crippen molar-refractivity contribution in [3.63, 3.8) is 0 Å². The molecule has 0 unspecified atom stereocenters. The summed E-state index contributed by atoms with van der Waals surface area (Å²) in [5, 5.41) is 0. The van der Waals surface area contributed by atoms with Crippen molar-refractivity contribution in [1.29, 1.82) is 0 Å². The molecule has 0 spiro atoms. The third-order valence-corrected chi connectivity index (χ3v) is 4.33. The van der Waals surface area contributed by atoms with Crippen LogP contribution in [0.4, 0.5) is 0 Å². The third-order valence-electron chi connectivity index (χ3n) is 4.33. The van der Waals surface area contributed by atoms with E-state index in [1.165, 1.54) is 32.1 Å². The molecule has 0 heterocycles. The fraction of sp³-hybridized carbons (Fsp3) is 1.00. The fourth-order valence-corrected chi connectivity index (χ4v) is 3.36. The Labute approximate surface area is 108 Å². The molecule has 0 atom stereocenters. The summed E-state index contributed by atoms with van der Waals surface area (Å²) >= 11 is 0. The summed E-state index contributed by atoms with van der Waals surface area (Å²) in [6, 6.07) is 0.788. The summed E-state index contributed by atoms with van der Waals surface area (Å²) < 4.78 is 0. The van der Waals surface area contributed by atoms with Crippen LogP contribution in [0.2, 0.25) is 0 Å². The van der Waals surface area contributed by atoms with Crippen LogP contribution in [0.15, 0.2) is 0 Å². The molecule has 0 aromatic carbocycles. The lowest BCUT2D eigenvalue weighted by Gasteiger charge is -2.50. The molecule has 2 N–H and O–H groups in total. The predicted molar refractivity (Wildman–Crippen MR) is 76.1 cm³/mol. The second-order valence-corrected chi connectivity index (χ2v) is 6.82. The zero-order chi connectivity index (χ0) is 13.1. The predicted octanol–water partition coefficient (Wildman–Crippen LogP) is 3.26. The molecule has 1 saturated carbocycles. The first-order chi connectivity index (χ1) is 7.91. The summed E-state index contributed by atoms with van der Waals surface area (Å²) in [6.45, 7) is 10.1.